The van der Waals surface area contributed by atoms with Gasteiger partial charge in [0.05, 0.1) is 4.92 Å². The van der Waals surface area contributed by atoms with Crippen LogP contribution in [0.5, 0.6) is 0 Å². The molecule has 0 heterocycles. The molecule has 0 bridgehead atoms. The van der Waals surface area contributed by atoms with E-state index in [0.717, 1.165) is 24.1 Å². The molecule has 0 saturated heterocycles. The predicted octanol–water partition coefficient (Wildman–Crippen LogP) is 3.63. The van der Waals surface area contributed by atoms with Gasteiger partial charge in [-0.3, -0.25) is 10.1 Å². The van der Waals surface area contributed by atoms with Gasteiger partial charge in [0, 0.05) is 18.2 Å². The molecule has 1 unspecified atom stereocenters. The normalized spacial score (nSPS) is 12.1. The molecule has 2 aromatic rings. The molecule has 0 radical (unpaired) electrons. The number of nitrogens with one attached hydrogen (secondary N) is 1. The van der Waals surface area contributed by atoms with Crippen LogP contribution in [0.4, 0.5) is 10.1 Å². The van der Waals surface area contributed by atoms with E-state index in [1.165, 1.54) is 24.3 Å². The lowest BCUT2D eigenvalue weighted by Gasteiger charge is -2.14. The Morgan fingerprint density at radius 2 is 1.76 bits per heavy atom. The number of halogens is 1. The third kappa shape index (κ3) is 4.36. The van der Waals surface area contributed by atoms with Crippen LogP contribution >= 0.6 is 0 Å². The molecular weight excluding hydrogens is 271 g/mol. The van der Waals surface area contributed by atoms with Crippen molar-refractivity contribution in [2.45, 2.75) is 19.4 Å². The van der Waals surface area contributed by atoms with E-state index in [4.69, 9.17) is 0 Å². The van der Waals surface area contributed by atoms with Gasteiger partial charge in [-0.15, -0.1) is 0 Å². The van der Waals surface area contributed by atoms with Gasteiger partial charge < -0.3 is 5.32 Å². The van der Waals surface area contributed by atoms with Gasteiger partial charge in [0.15, 0.2) is 0 Å². The number of non-ortho nitro benzene ring substituents is 1. The second-order valence-electron chi connectivity index (χ2n) is 4.90. The number of benzene rings is 2. The highest BCUT2D eigenvalue weighted by atomic mass is 19.1. The lowest BCUT2D eigenvalue weighted by atomic mass is 10.1. The van der Waals surface area contributed by atoms with Crippen LogP contribution in [0, 0.1) is 15.9 Å². The summed E-state index contributed by atoms with van der Waals surface area (Å²) in [5, 5.41) is 13.9. The Morgan fingerprint density at radius 1 is 1.14 bits per heavy atom. The second kappa shape index (κ2) is 6.95. The zero-order valence-corrected chi connectivity index (χ0v) is 11.8. The molecule has 21 heavy (non-hydrogen) atoms. The first-order chi connectivity index (χ1) is 10.1. The van der Waals surface area contributed by atoms with Gasteiger partial charge >= 0.3 is 0 Å². The summed E-state index contributed by atoms with van der Waals surface area (Å²) in [5.41, 5.74) is 2.17. The van der Waals surface area contributed by atoms with Crippen molar-refractivity contribution in [3.05, 3.63) is 75.6 Å². The summed E-state index contributed by atoms with van der Waals surface area (Å²) in [5.74, 6) is -0.239. The Balaban J connectivity index is 1.83. The summed E-state index contributed by atoms with van der Waals surface area (Å²) >= 11 is 0. The van der Waals surface area contributed by atoms with E-state index in [-0.39, 0.29) is 17.5 Å². The third-order valence-corrected chi connectivity index (χ3v) is 3.38. The summed E-state index contributed by atoms with van der Waals surface area (Å²) in [4.78, 5) is 10.2. The van der Waals surface area contributed by atoms with Crippen molar-refractivity contribution < 1.29 is 9.31 Å². The number of nitrogens with zero attached hydrogens (tertiary/aromatic N) is 1. The van der Waals surface area contributed by atoms with E-state index >= 15 is 0 Å². The lowest BCUT2D eigenvalue weighted by molar-refractivity contribution is -0.384. The predicted molar refractivity (Wildman–Crippen MR) is 79.6 cm³/mol. The van der Waals surface area contributed by atoms with E-state index in [2.05, 4.69) is 5.32 Å². The van der Waals surface area contributed by atoms with Crippen LogP contribution in [-0.4, -0.2) is 11.5 Å². The molecule has 4 nitrogen and oxygen atoms in total. The minimum atomic E-state index is -0.404. The molecule has 5 heteroatoms. The van der Waals surface area contributed by atoms with E-state index in [9.17, 15) is 14.5 Å². The molecule has 1 atom stereocenters. The molecule has 0 amide bonds. The summed E-state index contributed by atoms with van der Waals surface area (Å²) < 4.78 is 12.8. The zero-order chi connectivity index (χ0) is 15.2. The van der Waals surface area contributed by atoms with Gasteiger partial charge in [-0.25, -0.2) is 4.39 Å². The lowest BCUT2D eigenvalue weighted by Crippen LogP contribution is -2.21. The van der Waals surface area contributed by atoms with Crippen LogP contribution in [-0.2, 0) is 6.42 Å². The van der Waals surface area contributed by atoms with E-state index in [0.29, 0.717) is 0 Å². The molecule has 2 rings (SSSR count). The van der Waals surface area contributed by atoms with Gasteiger partial charge in [0.1, 0.15) is 5.82 Å². The standard InChI is InChI=1S/C16H17FN2O2/c1-12(14-4-6-15(17)7-5-14)18-11-10-13-2-8-16(9-3-13)19(20)21/h2-9,12,18H,10-11H2,1H3. The first kappa shape index (κ1) is 15.1. The van der Waals surface area contributed by atoms with Crippen molar-refractivity contribution >= 4 is 5.69 Å². The Hall–Kier alpha value is -2.27. The summed E-state index contributed by atoms with van der Waals surface area (Å²) in [6.07, 6.45) is 0.781. The smallest absolute Gasteiger partial charge is 0.269 e. The fraction of sp³-hybridized carbons (Fsp3) is 0.250. The van der Waals surface area contributed by atoms with Crippen LogP contribution in [0.25, 0.3) is 0 Å². The maximum Gasteiger partial charge on any atom is 0.269 e. The van der Waals surface area contributed by atoms with E-state index < -0.39 is 4.92 Å². The monoisotopic (exact) mass is 288 g/mol. The molecule has 2 aromatic carbocycles. The third-order valence-electron chi connectivity index (χ3n) is 3.38. The molecule has 0 spiro atoms. The molecule has 0 aliphatic rings. The van der Waals surface area contributed by atoms with Gasteiger partial charge in [-0.1, -0.05) is 24.3 Å². The van der Waals surface area contributed by atoms with Crippen molar-refractivity contribution in [2.75, 3.05) is 6.54 Å². The quantitative estimate of drug-likeness (QED) is 0.652. The Morgan fingerprint density at radius 3 is 2.33 bits per heavy atom. The summed E-state index contributed by atoms with van der Waals surface area (Å²) in [6.45, 7) is 2.76. The van der Waals surface area contributed by atoms with Crippen LogP contribution in [0.1, 0.15) is 24.1 Å². The average Bonchev–Trinajstić information content (AvgIpc) is 2.48. The van der Waals surface area contributed by atoms with Gasteiger partial charge in [-0.05, 0) is 43.1 Å². The van der Waals surface area contributed by atoms with Crippen LogP contribution in [0.2, 0.25) is 0 Å². The zero-order valence-electron chi connectivity index (χ0n) is 11.8. The summed E-state index contributed by atoms with van der Waals surface area (Å²) in [6, 6.07) is 13.1. The molecule has 0 fully saturated rings. The molecule has 0 aliphatic heterocycles. The fourth-order valence-corrected chi connectivity index (χ4v) is 2.09. The molecule has 1 N–H and O–H groups in total. The largest absolute Gasteiger partial charge is 0.310 e. The van der Waals surface area contributed by atoms with Crippen molar-refractivity contribution in [1.82, 2.24) is 5.32 Å². The molecule has 0 aromatic heterocycles. The molecule has 110 valence electrons. The van der Waals surface area contributed by atoms with Crippen molar-refractivity contribution in [2.24, 2.45) is 0 Å². The van der Waals surface area contributed by atoms with Gasteiger partial charge in [-0.2, -0.15) is 0 Å². The minimum absolute atomic E-state index is 0.103. The van der Waals surface area contributed by atoms with Crippen LogP contribution < -0.4 is 5.32 Å². The van der Waals surface area contributed by atoms with Crippen molar-refractivity contribution in [1.29, 1.82) is 0 Å². The highest BCUT2D eigenvalue weighted by molar-refractivity contribution is 5.33. The number of nitro benzene ring substituents is 1. The number of nitro groups is 1. The van der Waals surface area contributed by atoms with Crippen LogP contribution in [0.3, 0.4) is 0 Å². The topological polar surface area (TPSA) is 55.2 Å². The Bertz CT molecular complexity index is 597. The first-order valence-corrected chi connectivity index (χ1v) is 6.78. The molecule has 0 aliphatic carbocycles. The van der Waals surface area contributed by atoms with Crippen molar-refractivity contribution in [3.8, 4) is 0 Å². The Kier molecular flexibility index (Phi) is 5.00. The number of hydrogen-bond acceptors (Lipinski definition) is 3. The van der Waals surface area contributed by atoms with E-state index in [1.807, 2.05) is 6.92 Å². The summed E-state index contributed by atoms with van der Waals surface area (Å²) in [7, 11) is 0. The average molecular weight is 288 g/mol. The van der Waals surface area contributed by atoms with Crippen LogP contribution in [0.15, 0.2) is 48.5 Å². The fourth-order valence-electron chi connectivity index (χ4n) is 2.09. The highest BCUT2D eigenvalue weighted by Gasteiger charge is 2.06. The van der Waals surface area contributed by atoms with E-state index in [1.54, 1.807) is 24.3 Å². The molecular formula is C16H17FN2O2. The molecule has 0 saturated carbocycles. The van der Waals surface area contributed by atoms with Gasteiger partial charge in [0.2, 0.25) is 0 Å². The number of hydrogen-bond donors (Lipinski definition) is 1. The van der Waals surface area contributed by atoms with Crippen molar-refractivity contribution in [3.63, 3.8) is 0 Å². The van der Waals surface area contributed by atoms with Gasteiger partial charge in [0.25, 0.3) is 5.69 Å². The first-order valence-electron chi connectivity index (χ1n) is 6.78. The second-order valence-corrected chi connectivity index (χ2v) is 4.90. The highest BCUT2D eigenvalue weighted by Crippen LogP contribution is 2.14. The maximum absolute atomic E-state index is 12.8. The number of rotatable bonds is 6. The SMILES string of the molecule is CC(NCCc1ccc([N+](=O)[O-])cc1)c1ccc(F)cc1. The maximum atomic E-state index is 12.8. The minimum Gasteiger partial charge on any atom is -0.310 e. The Labute approximate surface area is 122 Å².